The third kappa shape index (κ3) is 19.4. The Bertz CT molecular complexity index is 7370. The molecule has 4 atom stereocenters. The van der Waals surface area contributed by atoms with Crippen molar-refractivity contribution < 1.29 is 19.2 Å². The highest BCUT2D eigenvalue weighted by Gasteiger charge is 2.34. The van der Waals surface area contributed by atoms with Crippen molar-refractivity contribution in [3.63, 3.8) is 0 Å². The zero-order valence-corrected chi connectivity index (χ0v) is 75.0. The number of aromatic nitrogens is 8. The zero-order valence-electron chi connectivity index (χ0n) is 69.6. The number of carbonyl (C=O) groups excluding carboxylic acids is 4. The van der Waals surface area contributed by atoms with Crippen molar-refractivity contribution in [3.8, 4) is 0 Å². The molecule has 12 N–H and O–H groups in total. The van der Waals surface area contributed by atoms with E-state index in [4.69, 9.17) is 78.0 Å². The number of rotatable bonds is 13. The Kier molecular flexibility index (Phi) is 25.0. The predicted octanol–water partition coefficient (Wildman–Crippen LogP) is 19.5. The van der Waals surface area contributed by atoms with Gasteiger partial charge in [-0.1, -0.05) is 218 Å². The van der Waals surface area contributed by atoms with Gasteiger partial charge in [-0.15, -0.1) is 0 Å². The van der Waals surface area contributed by atoms with E-state index >= 15 is 0 Å². The lowest BCUT2D eigenvalue weighted by Gasteiger charge is -2.24. The zero-order chi connectivity index (χ0) is 90.2. The summed E-state index contributed by atoms with van der Waals surface area (Å²) in [5, 5.41) is 14.8. The maximum absolute atomic E-state index is 13.3. The molecule has 0 radical (unpaired) electrons. The first-order chi connectivity index (χ1) is 62.0. The van der Waals surface area contributed by atoms with Gasteiger partial charge in [-0.3, -0.25) is 39.1 Å². The van der Waals surface area contributed by atoms with Crippen LogP contribution in [0.3, 0.4) is 0 Å². The number of fused-ring (bicyclic) bond motifs is 8. The van der Waals surface area contributed by atoms with Crippen LogP contribution in [0.5, 0.6) is 0 Å². The average Bonchev–Trinajstić information content (AvgIpc) is 1.67. The number of imidazole rings is 4. The Morgan fingerprint density at radius 2 is 0.589 bits per heavy atom. The molecular weight excluding hydrogens is 1800 g/mol. The van der Waals surface area contributed by atoms with Crippen molar-refractivity contribution in [1.82, 2.24) is 39.9 Å². The molecule has 16 aromatic rings. The van der Waals surface area contributed by atoms with Crippen LogP contribution in [0.25, 0.3) is 44.1 Å². The maximum Gasteiger partial charge on any atom is 0.323 e. The number of nitrogens with one attached hydrogen (secondary N) is 12. The highest BCUT2D eigenvalue weighted by atomic mass is 79.9. The van der Waals surface area contributed by atoms with Crippen LogP contribution in [-0.4, -0.2) is 111 Å². The number of nitrogens with zero attached hydrogens (tertiary/aromatic N) is 4. The molecule has 20 rings (SSSR count). The van der Waals surface area contributed by atoms with Crippen LogP contribution < -0.4 is 44.0 Å². The molecule has 4 amide bonds. The van der Waals surface area contributed by atoms with Gasteiger partial charge in [0.2, 0.25) is 23.6 Å². The molecule has 4 aliphatic heterocycles. The topological polar surface area (TPSA) is 360 Å². The van der Waals surface area contributed by atoms with Gasteiger partial charge in [0.05, 0.1) is 89.7 Å². The van der Waals surface area contributed by atoms with Crippen LogP contribution in [0.15, 0.2) is 286 Å². The van der Waals surface area contributed by atoms with E-state index in [1.807, 2.05) is 146 Å². The number of aliphatic imine (C=N–C) groups is 4. The van der Waals surface area contributed by atoms with Crippen molar-refractivity contribution >= 4 is 187 Å². The van der Waals surface area contributed by atoms with Gasteiger partial charge in [-0.25, -0.2) is 19.2 Å². The number of hydrogen-bond acceptors (Lipinski definition) is 12. The smallest absolute Gasteiger partial charge is 0.323 e. The SMILES string of the molecule is CC(C)(C)c1ccccc1CC1N=C(c2ccc3[nH]c(=O)[nH]c3c2)c2cc(Cl)ccc2NC1=O.CC(C)c1ccccc1CC1N=C(c2ccc3[nH]c(=O)[nH]c3c2)c2cc(Cl)ccc2NC1=O.O=C1Nc2ccc(Cl)cc2C(c2ccc3[nH]c(=O)[nH]c3c2)=NC1Cc1ccccc1Br.O=C1Nc2ccc(Cl)cc2C(c2ccc3[nH]c(=O)[nH]c3c2)=NC1Cc1ccccc1Cl. The fourth-order valence-corrected chi connectivity index (χ4v) is 17.7. The molecule has 0 aliphatic carbocycles. The lowest BCUT2D eigenvalue weighted by atomic mass is 9.82. The number of halogens is 6. The van der Waals surface area contributed by atoms with Gasteiger partial charge in [0.15, 0.2) is 0 Å². The summed E-state index contributed by atoms with van der Waals surface area (Å²) >= 11 is 35.1. The number of benzodiazepines with no additional fused rings is 4. The summed E-state index contributed by atoms with van der Waals surface area (Å²) in [6, 6.07) is 72.5. The Labute approximate surface area is 769 Å². The van der Waals surface area contributed by atoms with Gasteiger partial charge in [-0.05, 0) is 178 Å². The molecule has 0 spiro atoms. The lowest BCUT2D eigenvalue weighted by Crippen LogP contribution is -2.29. The third-order valence-electron chi connectivity index (χ3n) is 22.6. The number of anilines is 4. The van der Waals surface area contributed by atoms with E-state index in [0.717, 1.165) is 65.7 Å². The van der Waals surface area contributed by atoms with Crippen LogP contribution >= 0.6 is 73.9 Å². The van der Waals surface area contributed by atoms with Crippen molar-refractivity contribution in [3.05, 3.63) is 392 Å². The number of aromatic amines is 8. The van der Waals surface area contributed by atoms with Crippen molar-refractivity contribution in [1.29, 1.82) is 0 Å². The second kappa shape index (κ2) is 36.9. The van der Waals surface area contributed by atoms with Crippen LogP contribution in [0.4, 0.5) is 22.7 Å². The number of amides is 4. The summed E-state index contributed by atoms with van der Waals surface area (Å²) in [6.45, 7) is 10.8. The van der Waals surface area contributed by atoms with Crippen LogP contribution in [-0.2, 0) is 50.3 Å². The van der Waals surface area contributed by atoms with Crippen LogP contribution in [0, 0.1) is 0 Å². The monoisotopic (exact) mass is 1870 g/mol. The minimum atomic E-state index is -0.693. The van der Waals surface area contributed by atoms with E-state index in [0.29, 0.717) is 152 Å². The van der Waals surface area contributed by atoms with E-state index in [1.165, 1.54) is 11.1 Å². The second-order valence-corrected chi connectivity index (χ2v) is 35.8. The molecule has 8 heterocycles. The molecule has 646 valence electrons. The van der Waals surface area contributed by atoms with Gasteiger partial charge < -0.3 is 61.1 Å². The van der Waals surface area contributed by atoms with Gasteiger partial charge >= 0.3 is 22.8 Å². The van der Waals surface area contributed by atoms with Gasteiger partial charge in [0.1, 0.15) is 24.2 Å². The molecule has 24 nitrogen and oxygen atoms in total. The minimum absolute atomic E-state index is 0.0635. The molecule has 4 aromatic heterocycles. The molecule has 4 unspecified atom stereocenters. The van der Waals surface area contributed by atoms with E-state index in [2.05, 4.69) is 136 Å². The van der Waals surface area contributed by atoms with Gasteiger partial charge in [0, 0.05) is 99.8 Å². The summed E-state index contributed by atoms with van der Waals surface area (Å²) < 4.78 is 0.927. The fourth-order valence-electron chi connectivity index (χ4n) is 16.4. The molecule has 0 fully saturated rings. The van der Waals surface area contributed by atoms with Gasteiger partial charge in [-0.2, -0.15) is 0 Å². The molecule has 30 heteroatoms. The van der Waals surface area contributed by atoms with E-state index in [9.17, 15) is 38.4 Å². The number of hydrogen-bond donors (Lipinski definition) is 12. The third-order valence-corrected chi connectivity index (χ3v) is 24.6. The Morgan fingerprint density at radius 1 is 0.310 bits per heavy atom. The molecule has 129 heavy (non-hydrogen) atoms. The summed E-state index contributed by atoms with van der Waals surface area (Å²) in [5.41, 5.74) is 21.9. The Morgan fingerprint density at radius 3 is 0.922 bits per heavy atom. The molecule has 4 aliphatic rings. The van der Waals surface area contributed by atoms with Crippen molar-refractivity contribution in [2.45, 2.75) is 95.8 Å². The summed E-state index contributed by atoms with van der Waals surface area (Å²) in [4.78, 5) is 141. The first-order valence-electron chi connectivity index (χ1n) is 41.3. The maximum atomic E-state index is 13.3. The van der Waals surface area contributed by atoms with Crippen LogP contribution in [0.2, 0.25) is 25.1 Å². The fraction of sp³-hybridized carbons (Fsp3) is 0.152. The van der Waals surface area contributed by atoms with Crippen molar-refractivity contribution in [2.24, 2.45) is 20.0 Å². The summed E-state index contributed by atoms with van der Waals surface area (Å²) in [7, 11) is 0. The predicted molar refractivity (Wildman–Crippen MR) is 520 cm³/mol. The van der Waals surface area contributed by atoms with Crippen LogP contribution in [0.1, 0.15) is 118 Å². The second-order valence-electron chi connectivity index (χ2n) is 32.8. The first-order valence-corrected chi connectivity index (χ1v) is 44.0. The number of carbonyl (C=O) groups is 4. The summed E-state index contributed by atoms with van der Waals surface area (Å²) in [6.07, 6.45) is 1.73. The van der Waals surface area contributed by atoms with E-state index in [-0.39, 0.29) is 51.8 Å². The molecule has 0 saturated carbocycles. The Hall–Kier alpha value is -13.8. The molecule has 0 saturated heterocycles. The van der Waals surface area contributed by atoms with Gasteiger partial charge in [0.25, 0.3) is 0 Å². The normalized spacial score (nSPS) is 15.9. The lowest BCUT2D eigenvalue weighted by molar-refractivity contribution is -0.118. The quantitative estimate of drug-likeness (QED) is 0.0525. The number of H-pyrrole nitrogens is 8. The highest BCUT2D eigenvalue weighted by Crippen LogP contribution is 2.37. The largest absolute Gasteiger partial charge is 0.324 e. The van der Waals surface area contributed by atoms with E-state index in [1.54, 1.807) is 72.8 Å². The molecular formula is C99H80BrCl5N16O8. The van der Waals surface area contributed by atoms with Crippen molar-refractivity contribution in [2.75, 3.05) is 21.3 Å². The minimum Gasteiger partial charge on any atom is -0.324 e. The molecule has 12 aromatic carbocycles. The highest BCUT2D eigenvalue weighted by molar-refractivity contribution is 9.10. The first kappa shape index (κ1) is 87.3. The molecule has 0 bridgehead atoms. The number of benzene rings is 12. The summed E-state index contributed by atoms with van der Waals surface area (Å²) in [5.74, 6) is -0.413. The standard InChI is InChI=1S/C27H25ClN4O2.C26H23ClN4O2.C23H16BrClN4O2.C23H16Cl2N4O2/c1-27(2,3)19-7-5-4-6-15(19)12-23-25(33)30-20-11-9-17(28)14-18(20)24(29-23)16-8-10-21-22(13-16)32-26(34)31-21;1-14(2)18-6-4-3-5-15(18)11-23-25(32)29-20-10-8-17(27)13-19(20)24(28-23)16-7-9-21-22(12-16)31-26(33)30-21;24-16-4-2-1-3-12(16)9-20-22(30)27-17-8-6-14(25)11-15(17)21(26-20)13-5-7-18-19(10-13)29-23(31)28-18;24-14-6-8-17-15(11-14)21(13-5-7-18-19(10-13)29-23(31)28-18)26-20(22(30)27-17)9-12-3-1-2-4-16(12)25/h4-11,13-14,23H,12H2,1-3H3,(H,30,33)(H2,31,32,34);3-10,12-14,23H,11H2,1-2H3,(H,29,32)(H2,30,31,33);2*1-8,10-11,20H,9H2,(H,27,30)(H2,28,29,31). The average molecular weight is 1880 g/mol. The van der Waals surface area contributed by atoms with E-state index < -0.39 is 24.2 Å². The Balaban J connectivity index is 0.000000121.